The smallest absolute Gasteiger partial charge is 0.255 e. The van der Waals surface area contributed by atoms with Gasteiger partial charge < -0.3 is 9.42 Å². The van der Waals surface area contributed by atoms with E-state index in [-0.39, 0.29) is 5.91 Å². The van der Waals surface area contributed by atoms with Crippen LogP contribution in [0.4, 0.5) is 0 Å². The van der Waals surface area contributed by atoms with E-state index in [2.05, 4.69) is 36.3 Å². The zero-order chi connectivity index (χ0) is 18.1. The lowest BCUT2D eigenvalue weighted by molar-refractivity contribution is 0.0784. The maximum atomic E-state index is 12.9. The molecule has 0 saturated heterocycles. The second-order valence-corrected chi connectivity index (χ2v) is 6.56. The Morgan fingerprint density at radius 2 is 1.80 bits per heavy atom. The van der Waals surface area contributed by atoms with Crippen LogP contribution in [0, 0.1) is 27.7 Å². The van der Waals surface area contributed by atoms with Crippen LogP contribution in [0.25, 0.3) is 5.82 Å². The zero-order valence-electron chi connectivity index (χ0n) is 15.3. The molecule has 0 spiro atoms. The molecule has 25 heavy (non-hydrogen) atoms. The molecule has 0 fully saturated rings. The normalized spacial score (nSPS) is 10.9. The molecule has 2 heterocycles. The van der Waals surface area contributed by atoms with Crippen molar-refractivity contribution in [2.75, 3.05) is 7.05 Å². The minimum Gasteiger partial charge on any atom is -0.360 e. The Kier molecular flexibility index (Phi) is 4.49. The topological polar surface area (TPSA) is 51.3 Å². The van der Waals surface area contributed by atoms with Crippen LogP contribution in [0.2, 0.25) is 0 Å². The van der Waals surface area contributed by atoms with Gasteiger partial charge in [0.15, 0.2) is 5.82 Å². The van der Waals surface area contributed by atoms with Crippen molar-refractivity contribution in [3.05, 3.63) is 70.2 Å². The molecule has 0 bridgehead atoms. The first kappa shape index (κ1) is 17.0. The van der Waals surface area contributed by atoms with Crippen molar-refractivity contribution in [2.45, 2.75) is 34.2 Å². The predicted molar refractivity (Wildman–Crippen MR) is 97.0 cm³/mol. The van der Waals surface area contributed by atoms with Crippen molar-refractivity contribution < 1.29 is 9.32 Å². The molecule has 0 radical (unpaired) electrons. The van der Waals surface area contributed by atoms with E-state index in [0.29, 0.717) is 17.9 Å². The van der Waals surface area contributed by atoms with E-state index < -0.39 is 0 Å². The monoisotopic (exact) mass is 337 g/mol. The summed E-state index contributed by atoms with van der Waals surface area (Å²) in [6, 6.07) is 12.0. The highest BCUT2D eigenvalue weighted by atomic mass is 16.5. The molecule has 3 aromatic rings. The van der Waals surface area contributed by atoms with E-state index in [1.54, 1.807) is 4.90 Å². The fourth-order valence-corrected chi connectivity index (χ4v) is 3.04. The molecule has 1 amide bonds. The van der Waals surface area contributed by atoms with Crippen LogP contribution in [0.1, 0.15) is 38.6 Å². The summed E-state index contributed by atoms with van der Waals surface area (Å²) in [6.07, 6.45) is 0. The fourth-order valence-electron chi connectivity index (χ4n) is 3.04. The number of amides is 1. The van der Waals surface area contributed by atoms with E-state index >= 15 is 0 Å². The third-order valence-electron chi connectivity index (χ3n) is 4.39. The van der Waals surface area contributed by atoms with E-state index in [1.807, 2.05) is 44.5 Å². The molecule has 0 unspecified atom stereocenters. The van der Waals surface area contributed by atoms with Crippen LogP contribution in [-0.2, 0) is 6.54 Å². The zero-order valence-corrected chi connectivity index (χ0v) is 15.3. The summed E-state index contributed by atoms with van der Waals surface area (Å²) in [5.41, 5.74) is 4.84. The van der Waals surface area contributed by atoms with Gasteiger partial charge in [-0.1, -0.05) is 35.0 Å². The van der Waals surface area contributed by atoms with Crippen molar-refractivity contribution in [3.63, 3.8) is 0 Å². The number of hydrogen-bond donors (Lipinski definition) is 0. The number of carbonyl (C=O) groups excluding carboxylic acids is 1. The number of nitrogens with zero attached hydrogens (tertiary/aromatic N) is 3. The highest BCUT2D eigenvalue weighted by molar-refractivity contribution is 5.95. The van der Waals surface area contributed by atoms with Crippen molar-refractivity contribution in [3.8, 4) is 5.82 Å². The van der Waals surface area contributed by atoms with Gasteiger partial charge in [-0.15, -0.1) is 0 Å². The molecule has 0 N–H and O–H groups in total. The molecule has 1 aromatic carbocycles. The minimum absolute atomic E-state index is 0.000131. The molecule has 5 heteroatoms. The Morgan fingerprint density at radius 1 is 1.12 bits per heavy atom. The quantitative estimate of drug-likeness (QED) is 0.724. The molecule has 5 nitrogen and oxygen atoms in total. The number of hydrogen-bond acceptors (Lipinski definition) is 3. The number of aromatic nitrogens is 2. The van der Waals surface area contributed by atoms with Gasteiger partial charge in [-0.05, 0) is 39.3 Å². The Labute approximate surface area is 147 Å². The Balaban J connectivity index is 1.86. The van der Waals surface area contributed by atoms with Crippen molar-refractivity contribution in [1.82, 2.24) is 14.6 Å². The Bertz CT molecular complexity index is 904. The molecule has 130 valence electrons. The first-order valence-corrected chi connectivity index (χ1v) is 8.30. The van der Waals surface area contributed by atoms with Crippen molar-refractivity contribution in [1.29, 1.82) is 0 Å². The molecule has 0 atom stereocenters. The molecule has 3 rings (SSSR count). The number of aryl methyl sites for hydroxylation is 3. The van der Waals surface area contributed by atoms with Crippen LogP contribution >= 0.6 is 0 Å². The summed E-state index contributed by atoms with van der Waals surface area (Å²) in [6.45, 7) is 8.38. The summed E-state index contributed by atoms with van der Waals surface area (Å²) < 4.78 is 7.12. The van der Waals surface area contributed by atoms with Gasteiger partial charge in [0.1, 0.15) is 5.76 Å². The summed E-state index contributed by atoms with van der Waals surface area (Å²) in [5.74, 6) is 1.44. The molecular formula is C20H23N3O2. The molecule has 2 aromatic heterocycles. The summed E-state index contributed by atoms with van der Waals surface area (Å²) in [5, 5.41) is 4.06. The van der Waals surface area contributed by atoms with E-state index in [4.69, 9.17) is 4.52 Å². The largest absolute Gasteiger partial charge is 0.360 e. The Hall–Kier alpha value is -2.82. The Morgan fingerprint density at radius 3 is 2.40 bits per heavy atom. The maximum Gasteiger partial charge on any atom is 0.255 e. The lowest BCUT2D eigenvalue weighted by Gasteiger charge is -2.17. The first-order valence-electron chi connectivity index (χ1n) is 8.30. The van der Waals surface area contributed by atoms with Crippen LogP contribution in [0.3, 0.4) is 0 Å². The molecule has 0 aliphatic rings. The average Bonchev–Trinajstić information content (AvgIpc) is 3.11. The third-order valence-corrected chi connectivity index (χ3v) is 4.39. The highest BCUT2D eigenvalue weighted by Gasteiger charge is 2.21. The highest BCUT2D eigenvalue weighted by Crippen LogP contribution is 2.22. The van der Waals surface area contributed by atoms with Gasteiger partial charge in [0.25, 0.3) is 5.91 Å². The summed E-state index contributed by atoms with van der Waals surface area (Å²) in [7, 11) is 1.83. The van der Waals surface area contributed by atoms with Crippen LogP contribution in [0.5, 0.6) is 0 Å². The standard InChI is InChI=1S/C20H23N3O2/c1-13-6-8-17(9-7-13)12-22(5)20(24)18-10-14(2)23(16(18)4)19-11-15(3)25-21-19/h6-11H,12H2,1-5H3. The summed E-state index contributed by atoms with van der Waals surface area (Å²) in [4.78, 5) is 14.6. The predicted octanol–water partition coefficient (Wildman–Crippen LogP) is 3.97. The number of carbonyl (C=O) groups is 1. The minimum atomic E-state index is 0.000131. The van der Waals surface area contributed by atoms with Gasteiger partial charge in [-0.25, -0.2) is 0 Å². The molecular weight excluding hydrogens is 314 g/mol. The van der Waals surface area contributed by atoms with Crippen LogP contribution in [-0.4, -0.2) is 27.6 Å². The van der Waals surface area contributed by atoms with Gasteiger partial charge in [0.2, 0.25) is 0 Å². The van der Waals surface area contributed by atoms with Crippen molar-refractivity contribution in [2.24, 2.45) is 0 Å². The second kappa shape index (κ2) is 6.59. The van der Waals surface area contributed by atoms with Crippen LogP contribution < -0.4 is 0 Å². The lowest BCUT2D eigenvalue weighted by atomic mass is 10.1. The van der Waals surface area contributed by atoms with E-state index in [1.165, 1.54) is 5.56 Å². The average molecular weight is 337 g/mol. The number of benzene rings is 1. The SMILES string of the molecule is Cc1ccc(CN(C)C(=O)c2cc(C)n(-c3cc(C)on3)c2C)cc1. The second-order valence-electron chi connectivity index (χ2n) is 6.56. The number of rotatable bonds is 4. The van der Waals surface area contributed by atoms with Crippen molar-refractivity contribution >= 4 is 5.91 Å². The maximum absolute atomic E-state index is 12.9. The molecule has 0 aliphatic heterocycles. The van der Waals surface area contributed by atoms with Gasteiger partial charge >= 0.3 is 0 Å². The molecule has 0 saturated carbocycles. The first-order chi connectivity index (χ1) is 11.9. The van der Waals surface area contributed by atoms with E-state index in [9.17, 15) is 4.79 Å². The van der Waals surface area contributed by atoms with Gasteiger partial charge in [-0.3, -0.25) is 9.36 Å². The van der Waals surface area contributed by atoms with Gasteiger partial charge in [0.05, 0.1) is 5.56 Å². The summed E-state index contributed by atoms with van der Waals surface area (Å²) >= 11 is 0. The van der Waals surface area contributed by atoms with Gasteiger partial charge in [0, 0.05) is 31.0 Å². The van der Waals surface area contributed by atoms with Crippen LogP contribution in [0.15, 0.2) is 40.9 Å². The molecule has 0 aliphatic carbocycles. The van der Waals surface area contributed by atoms with E-state index in [0.717, 1.165) is 22.7 Å². The third kappa shape index (κ3) is 3.36. The fraction of sp³-hybridized carbons (Fsp3) is 0.300. The van der Waals surface area contributed by atoms with Gasteiger partial charge in [-0.2, -0.15) is 0 Å². The lowest BCUT2D eigenvalue weighted by Crippen LogP contribution is -2.26.